The Bertz CT molecular complexity index is 1060. The number of nitrogens with zero attached hydrogens (tertiary/aromatic N) is 1. The van der Waals surface area contributed by atoms with Crippen LogP contribution >= 0.6 is 11.3 Å². The molecule has 0 unspecified atom stereocenters. The van der Waals surface area contributed by atoms with Crippen LogP contribution < -0.4 is 15.8 Å². The molecule has 5 rings (SSSR count). The Morgan fingerprint density at radius 3 is 2.70 bits per heavy atom. The highest BCUT2D eigenvalue weighted by atomic mass is 32.2. The van der Waals surface area contributed by atoms with Crippen LogP contribution in [-0.2, 0) is 48.6 Å². The summed E-state index contributed by atoms with van der Waals surface area (Å²) in [5, 5.41) is 12.2. The summed E-state index contributed by atoms with van der Waals surface area (Å²) in [5.74, 6) is 0. The summed E-state index contributed by atoms with van der Waals surface area (Å²) in [4.78, 5) is 13.8. The van der Waals surface area contributed by atoms with Crippen molar-refractivity contribution >= 4 is 33.0 Å². The Hall–Kier alpha value is -1.74. The topological polar surface area (TPSA) is 96.6 Å². The first-order valence-electron chi connectivity index (χ1n) is 9.36. The van der Waals surface area contributed by atoms with Crippen LogP contribution in [0.3, 0.4) is 0 Å². The van der Waals surface area contributed by atoms with E-state index in [1.807, 2.05) is 6.07 Å². The number of anilines is 1. The third kappa shape index (κ3) is 3.00. The Morgan fingerprint density at radius 2 is 1.93 bits per heavy atom. The lowest BCUT2D eigenvalue weighted by molar-refractivity contribution is 0.260. The maximum absolute atomic E-state index is 12.9. The van der Waals surface area contributed by atoms with E-state index in [1.54, 1.807) is 0 Å². The Morgan fingerprint density at radius 1 is 1.11 bits per heavy atom. The number of amides is 2. The molecule has 2 amide bonds. The second-order valence-electron chi connectivity index (χ2n) is 7.41. The van der Waals surface area contributed by atoms with Crippen LogP contribution in [0.2, 0.25) is 0 Å². The fourth-order valence-electron chi connectivity index (χ4n) is 4.26. The normalized spacial score (nSPS) is 19.3. The van der Waals surface area contributed by atoms with Gasteiger partial charge in [-0.25, -0.2) is 14.1 Å². The van der Waals surface area contributed by atoms with E-state index in [9.17, 15) is 9.00 Å². The van der Waals surface area contributed by atoms with Crippen LogP contribution in [0.25, 0.3) is 0 Å². The number of urea groups is 1. The van der Waals surface area contributed by atoms with Gasteiger partial charge in [-0.1, -0.05) is 6.07 Å². The second kappa shape index (κ2) is 6.41. The quantitative estimate of drug-likeness (QED) is 0.720. The highest BCUT2D eigenvalue weighted by Crippen LogP contribution is 2.39. The van der Waals surface area contributed by atoms with Crippen LogP contribution in [0.5, 0.6) is 0 Å². The molecule has 4 N–H and O–H groups in total. The molecule has 1 aromatic carbocycles. The number of carbonyl (C=O) groups excluding carboxylic acids is 1. The van der Waals surface area contributed by atoms with E-state index >= 15 is 0 Å². The molecule has 1 aliphatic heterocycles. The van der Waals surface area contributed by atoms with E-state index in [0.717, 1.165) is 62.9 Å². The summed E-state index contributed by atoms with van der Waals surface area (Å²) in [5.41, 5.74) is 7.08. The van der Waals surface area contributed by atoms with Crippen LogP contribution in [0, 0.1) is 0 Å². The van der Waals surface area contributed by atoms with Crippen molar-refractivity contribution in [1.29, 1.82) is 0 Å². The third-order valence-corrected chi connectivity index (χ3v) is 8.83. The van der Waals surface area contributed by atoms with Crippen molar-refractivity contribution in [1.82, 2.24) is 5.32 Å². The van der Waals surface area contributed by atoms with Gasteiger partial charge in [0.1, 0.15) is 4.21 Å². The van der Waals surface area contributed by atoms with Crippen LogP contribution in [0.1, 0.15) is 39.1 Å². The van der Waals surface area contributed by atoms with Gasteiger partial charge in [-0.05, 0) is 72.4 Å². The molecule has 1 aromatic heterocycles. The van der Waals surface area contributed by atoms with E-state index in [-0.39, 0.29) is 0 Å². The molecule has 2 heterocycles. The zero-order valence-corrected chi connectivity index (χ0v) is 16.6. The first kappa shape index (κ1) is 17.4. The number of nitrogens with two attached hydrogens (primary N) is 1. The molecule has 27 heavy (non-hydrogen) atoms. The van der Waals surface area contributed by atoms with E-state index < -0.39 is 15.9 Å². The molecular formula is C19H22N4O2S2. The molecule has 2 aromatic rings. The molecule has 6 nitrogen and oxygen atoms in total. The standard InChI is InChI=1S/C19H22N4O2S2/c20-27(25,17-9-13-10-21-7-6-16(13)26-17)23-19(24)22-18-14-3-1-2-11(14)8-12-4-5-15(12)18/h8-9,21H,1-7,10H2,(H3,20,22,23,24,25)/t27-/m0/s1. The maximum Gasteiger partial charge on any atom is 0.354 e. The number of thiophene rings is 1. The molecule has 0 saturated carbocycles. The van der Waals surface area contributed by atoms with Crippen molar-refractivity contribution in [3.63, 3.8) is 0 Å². The summed E-state index contributed by atoms with van der Waals surface area (Å²) in [6.45, 7) is 1.65. The van der Waals surface area contributed by atoms with Crippen molar-refractivity contribution in [2.24, 2.45) is 9.50 Å². The Kier molecular flexibility index (Phi) is 4.12. The predicted molar refractivity (Wildman–Crippen MR) is 108 cm³/mol. The summed E-state index contributed by atoms with van der Waals surface area (Å²) in [6.07, 6.45) is 6.07. The molecule has 1 atom stereocenters. The van der Waals surface area contributed by atoms with Crippen molar-refractivity contribution in [3.8, 4) is 0 Å². The van der Waals surface area contributed by atoms with Crippen molar-refractivity contribution in [2.75, 3.05) is 11.9 Å². The van der Waals surface area contributed by atoms with Gasteiger partial charge in [-0.3, -0.25) is 0 Å². The monoisotopic (exact) mass is 402 g/mol. The summed E-state index contributed by atoms with van der Waals surface area (Å²) in [6, 6.07) is 3.50. The summed E-state index contributed by atoms with van der Waals surface area (Å²) < 4.78 is 17.3. The van der Waals surface area contributed by atoms with E-state index in [4.69, 9.17) is 5.14 Å². The minimum Gasteiger partial charge on any atom is -0.312 e. The first-order chi connectivity index (χ1) is 13.0. The number of aryl methyl sites for hydroxylation is 2. The lowest BCUT2D eigenvalue weighted by Crippen LogP contribution is -2.21. The average molecular weight is 403 g/mol. The minimum absolute atomic E-state index is 0.484. The van der Waals surface area contributed by atoms with Crippen LogP contribution in [0.4, 0.5) is 10.5 Å². The van der Waals surface area contributed by atoms with Gasteiger partial charge >= 0.3 is 6.03 Å². The lowest BCUT2D eigenvalue weighted by atomic mass is 9.83. The molecule has 8 heteroatoms. The fourth-order valence-corrected chi connectivity index (χ4v) is 6.76. The fraction of sp³-hybridized carbons (Fsp3) is 0.421. The minimum atomic E-state index is -3.24. The molecule has 2 aliphatic carbocycles. The SMILES string of the molecule is N[S@](=O)(=NC(=O)Nc1c2c(cc3c1CC3)CCC2)c1cc2c(s1)CCNC2. The second-order valence-corrected chi connectivity index (χ2v) is 10.6. The number of benzene rings is 1. The molecular weight excluding hydrogens is 380 g/mol. The van der Waals surface area contributed by atoms with E-state index in [1.165, 1.54) is 38.5 Å². The Labute approximate surface area is 162 Å². The molecule has 0 saturated heterocycles. The van der Waals surface area contributed by atoms with E-state index in [2.05, 4.69) is 21.1 Å². The van der Waals surface area contributed by atoms with Crippen molar-refractivity contribution < 1.29 is 9.00 Å². The number of hydrogen-bond acceptors (Lipinski definition) is 4. The summed E-state index contributed by atoms with van der Waals surface area (Å²) >= 11 is 1.41. The maximum atomic E-state index is 12.9. The van der Waals surface area contributed by atoms with Gasteiger partial charge < -0.3 is 10.6 Å². The lowest BCUT2D eigenvalue weighted by Gasteiger charge is -2.25. The van der Waals surface area contributed by atoms with Gasteiger partial charge in [-0.2, -0.15) is 0 Å². The smallest absolute Gasteiger partial charge is 0.312 e. The van der Waals surface area contributed by atoms with Crippen molar-refractivity contribution in [3.05, 3.63) is 44.8 Å². The molecule has 142 valence electrons. The number of carbonyl (C=O) groups is 1. The van der Waals surface area contributed by atoms with Gasteiger partial charge in [0.2, 0.25) is 0 Å². The van der Waals surface area contributed by atoms with Crippen molar-refractivity contribution in [2.45, 2.75) is 49.3 Å². The first-order valence-corrected chi connectivity index (χ1v) is 11.8. The largest absolute Gasteiger partial charge is 0.354 e. The van der Waals surface area contributed by atoms with Gasteiger partial charge in [0.05, 0.1) is 0 Å². The average Bonchev–Trinajstić information content (AvgIpc) is 3.24. The number of fused-ring (bicyclic) bond motifs is 3. The highest BCUT2D eigenvalue weighted by molar-refractivity contribution is 7.93. The third-order valence-electron chi connectivity index (χ3n) is 5.70. The summed E-state index contributed by atoms with van der Waals surface area (Å²) in [7, 11) is -3.24. The predicted octanol–water partition coefficient (Wildman–Crippen LogP) is 2.91. The zero-order valence-electron chi connectivity index (χ0n) is 15.0. The van der Waals surface area contributed by atoms with E-state index in [0.29, 0.717) is 4.21 Å². The number of nitrogens with one attached hydrogen (secondary N) is 2. The molecule has 0 fully saturated rings. The molecule has 0 spiro atoms. The van der Waals surface area contributed by atoms with Gasteiger partial charge in [0.15, 0.2) is 9.92 Å². The number of rotatable bonds is 2. The van der Waals surface area contributed by atoms with Gasteiger partial charge in [-0.15, -0.1) is 15.7 Å². The highest BCUT2D eigenvalue weighted by Gasteiger charge is 2.27. The van der Waals surface area contributed by atoms with Gasteiger partial charge in [0, 0.05) is 23.7 Å². The van der Waals surface area contributed by atoms with Crippen LogP contribution in [-0.4, -0.2) is 16.8 Å². The number of hydrogen-bond donors (Lipinski definition) is 3. The zero-order chi connectivity index (χ0) is 18.6. The Balaban J connectivity index is 1.45. The van der Waals surface area contributed by atoms with Crippen LogP contribution in [0.15, 0.2) is 20.7 Å². The molecule has 0 bridgehead atoms. The van der Waals surface area contributed by atoms with Gasteiger partial charge in [0.25, 0.3) is 0 Å². The molecule has 0 radical (unpaired) electrons. The molecule has 3 aliphatic rings.